The number of benzene rings is 2. The summed E-state index contributed by atoms with van der Waals surface area (Å²) in [5, 5.41) is 9.33. The first kappa shape index (κ1) is 25.7. The molecule has 2 aromatic rings. The van der Waals surface area contributed by atoms with Crippen LogP contribution in [0.2, 0.25) is 0 Å². The number of likely N-dealkylation sites (tertiary alicyclic amines) is 1. The van der Waals surface area contributed by atoms with Crippen molar-refractivity contribution in [2.75, 3.05) is 32.7 Å². The van der Waals surface area contributed by atoms with Crippen molar-refractivity contribution in [2.45, 2.75) is 37.9 Å². The molecular weight excluding hydrogens is 464 g/mol. The number of piperazine rings is 1. The van der Waals surface area contributed by atoms with Crippen LogP contribution >= 0.6 is 0 Å². The first-order valence-corrected chi connectivity index (χ1v) is 12.2. The molecule has 2 heterocycles. The zero-order valence-corrected chi connectivity index (χ0v) is 20.3. The molecule has 2 fully saturated rings. The zero-order valence-electron chi connectivity index (χ0n) is 20.3. The maximum Gasteiger partial charge on any atom is 0.241 e. The van der Waals surface area contributed by atoms with Gasteiger partial charge in [0.2, 0.25) is 11.8 Å². The number of hydrogen-bond acceptors (Lipinski definition) is 5. The van der Waals surface area contributed by atoms with Gasteiger partial charge in [-0.3, -0.25) is 14.5 Å². The molecule has 0 bridgehead atoms. The molecule has 190 valence electrons. The van der Waals surface area contributed by atoms with Crippen molar-refractivity contribution in [3.63, 3.8) is 0 Å². The first-order chi connectivity index (χ1) is 17.3. The normalized spacial score (nSPS) is 21.4. The largest absolute Gasteiger partial charge is 0.340 e. The number of nitriles is 1. The van der Waals surface area contributed by atoms with Gasteiger partial charge in [-0.2, -0.15) is 5.26 Å². The molecule has 0 radical (unpaired) electrons. The van der Waals surface area contributed by atoms with E-state index in [0.717, 1.165) is 11.1 Å². The van der Waals surface area contributed by atoms with Gasteiger partial charge in [0.05, 0.1) is 24.6 Å². The Morgan fingerprint density at radius 1 is 1.00 bits per heavy atom. The highest BCUT2D eigenvalue weighted by Gasteiger charge is 2.37. The molecule has 3 atom stereocenters. The van der Waals surface area contributed by atoms with Gasteiger partial charge in [0.1, 0.15) is 17.7 Å². The van der Waals surface area contributed by atoms with Gasteiger partial charge in [-0.25, -0.2) is 8.78 Å². The SMILES string of the molecule is C[C@H]1C[C@@H](C#N)N(C(=O)[C@@H](N)CC(=O)N2CCN(C(c3ccc(F)cc3)c3ccc(F)cc3)CC2)C1. The monoisotopic (exact) mass is 495 g/mol. The highest BCUT2D eigenvalue weighted by atomic mass is 19.1. The number of amides is 2. The highest BCUT2D eigenvalue weighted by Crippen LogP contribution is 2.30. The Morgan fingerprint density at radius 3 is 2.03 bits per heavy atom. The number of nitrogens with zero attached hydrogens (tertiary/aromatic N) is 4. The fourth-order valence-corrected chi connectivity index (χ4v) is 5.16. The van der Waals surface area contributed by atoms with E-state index in [9.17, 15) is 23.6 Å². The van der Waals surface area contributed by atoms with Crippen molar-refractivity contribution in [1.29, 1.82) is 5.26 Å². The lowest BCUT2D eigenvalue weighted by atomic mass is 9.96. The van der Waals surface area contributed by atoms with Crippen LogP contribution < -0.4 is 5.73 Å². The summed E-state index contributed by atoms with van der Waals surface area (Å²) in [5.74, 6) is -0.989. The van der Waals surface area contributed by atoms with Gasteiger partial charge in [-0.05, 0) is 47.7 Å². The van der Waals surface area contributed by atoms with Crippen LogP contribution in [0.25, 0.3) is 0 Å². The Hall–Kier alpha value is -3.35. The molecule has 4 rings (SSSR count). The second kappa shape index (κ2) is 11.1. The van der Waals surface area contributed by atoms with E-state index in [-0.39, 0.29) is 41.8 Å². The van der Waals surface area contributed by atoms with Crippen molar-refractivity contribution in [3.8, 4) is 6.07 Å². The molecule has 0 saturated carbocycles. The van der Waals surface area contributed by atoms with E-state index in [2.05, 4.69) is 11.0 Å². The van der Waals surface area contributed by atoms with Crippen LogP contribution in [0.1, 0.15) is 36.9 Å². The van der Waals surface area contributed by atoms with Crippen LogP contribution in [0.4, 0.5) is 8.78 Å². The summed E-state index contributed by atoms with van der Waals surface area (Å²) in [6.45, 7) is 4.45. The summed E-state index contributed by atoms with van der Waals surface area (Å²) in [6, 6.07) is 13.0. The summed E-state index contributed by atoms with van der Waals surface area (Å²) >= 11 is 0. The van der Waals surface area contributed by atoms with E-state index in [4.69, 9.17) is 5.73 Å². The van der Waals surface area contributed by atoms with E-state index in [1.165, 1.54) is 29.2 Å². The maximum atomic E-state index is 13.5. The molecule has 36 heavy (non-hydrogen) atoms. The number of nitrogens with two attached hydrogens (primary N) is 1. The summed E-state index contributed by atoms with van der Waals surface area (Å²) < 4.78 is 27.1. The number of halogens is 2. The van der Waals surface area contributed by atoms with Crippen LogP contribution in [0, 0.1) is 28.9 Å². The summed E-state index contributed by atoms with van der Waals surface area (Å²) in [7, 11) is 0. The smallest absolute Gasteiger partial charge is 0.241 e. The van der Waals surface area contributed by atoms with Gasteiger partial charge < -0.3 is 15.5 Å². The molecule has 9 heteroatoms. The third-order valence-corrected chi connectivity index (χ3v) is 7.06. The van der Waals surface area contributed by atoms with Gasteiger partial charge in [0.15, 0.2) is 0 Å². The number of rotatable bonds is 6. The van der Waals surface area contributed by atoms with E-state index in [1.54, 1.807) is 29.2 Å². The molecule has 0 aromatic heterocycles. The van der Waals surface area contributed by atoms with Crippen molar-refractivity contribution in [1.82, 2.24) is 14.7 Å². The molecule has 2 amide bonds. The van der Waals surface area contributed by atoms with Crippen molar-refractivity contribution in [2.24, 2.45) is 11.7 Å². The van der Waals surface area contributed by atoms with Gasteiger partial charge in [0, 0.05) is 32.7 Å². The molecule has 0 unspecified atom stereocenters. The minimum Gasteiger partial charge on any atom is -0.340 e. The van der Waals surface area contributed by atoms with Crippen molar-refractivity contribution in [3.05, 3.63) is 71.3 Å². The number of carbonyl (C=O) groups excluding carboxylic acids is 2. The lowest BCUT2D eigenvalue weighted by Crippen LogP contribution is -2.52. The zero-order chi connectivity index (χ0) is 25.8. The van der Waals surface area contributed by atoms with E-state index in [0.29, 0.717) is 39.1 Å². The molecule has 0 aliphatic carbocycles. The summed E-state index contributed by atoms with van der Waals surface area (Å²) in [4.78, 5) is 31.1. The van der Waals surface area contributed by atoms with Crippen LogP contribution in [0.3, 0.4) is 0 Å². The Labute approximate surface area is 210 Å². The Morgan fingerprint density at radius 2 is 1.53 bits per heavy atom. The Balaban J connectivity index is 1.39. The highest BCUT2D eigenvalue weighted by molar-refractivity contribution is 5.88. The second-order valence-electron chi connectivity index (χ2n) is 9.71. The van der Waals surface area contributed by atoms with Crippen LogP contribution in [0.15, 0.2) is 48.5 Å². The average Bonchev–Trinajstić information content (AvgIpc) is 3.27. The predicted octanol–water partition coefficient (Wildman–Crippen LogP) is 2.68. The Kier molecular flexibility index (Phi) is 7.97. The lowest BCUT2D eigenvalue weighted by Gasteiger charge is -2.40. The van der Waals surface area contributed by atoms with E-state index in [1.807, 2.05) is 6.92 Å². The minimum atomic E-state index is -0.983. The van der Waals surface area contributed by atoms with Gasteiger partial charge in [-0.1, -0.05) is 31.2 Å². The summed E-state index contributed by atoms with van der Waals surface area (Å²) in [5.41, 5.74) is 7.85. The standard InChI is InChI=1S/C27H31F2N5O2/c1-18-14-23(16-30)34(17-18)27(36)24(31)15-25(35)32-10-12-33(13-11-32)26(19-2-6-21(28)7-3-19)20-4-8-22(29)9-5-20/h2-9,18,23-24,26H,10-15,17,31H2,1H3/t18-,23-,24-/m0/s1. The van der Waals surface area contributed by atoms with Crippen LogP contribution in [0.5, 0.6) is 0 Å². The quantitative estimate of drug-likeness (QED) is 0.665. The average molecular weight is 496 g/mol. The van der Waals surface area contributed by atoms with Crippen LogP contribution in [-0.2, 0) is 9.59 Å². The Bertz CT molecular complexity index is 1060. The van der Waals surface area contributed by atoms with Crippen LogP contribution in [-0.4, -0.2) is 71.3 Å². The first-order valence-electron chi connectivity index (χ1n) is 12.2. The second-order valence-corrected chi connectivity index (χ2v) is 9.71. The van der Waals surface area contributed by atoms with Gasteiger partial charge in [0.25, 0.3) is 0 Å². The fraction of sp³-hybridized carbons (Fsp3) is 0.444. The molecule has 2 N–H and O–H groups in total. The third-order valence-electron chi connectivity index (χ3n) is 7.06. The molecule has 0 spiro atoms. The van der Waals surface area contributed by atoms with Crippen molar-refractivity contribution >= 4 is 11.8 Å². The number of hydrogen-bond donors (Lipinski definition) is 1. The molecule has 2 aliphatic rings. The predicted molar refractivity (Wildman–Crippen MR) is 130 cm³/mol. The van der Waals surface area contributed by atoms with Gasteiger partial charge in [-0.15, -0.1) is 0 Å². The minimum absolute atomic E-state index is 0.110. The molecule has 2 aromatic carbocycles. The molecule has 2 aliphatic heterocycles. The fourth-order valence-electron chi connectivity index (χ4n) is 5.16. The van der Waals surface area contributed by atoms with Crippen molar-refractivity contribution < 1.29 is 18.4 Å². The topological polar surface area (TPSA) is 93.7 Å². The van der Waals surface area contributed by atoms with E-state index >= 15 is 0 Å². The summed E-state index contributed by atoms with van der Waals surface area (Å²) in [6.07, 6.45) is 0.509. The molecule has 7 nitrogen and oxygen atoms in total. The third kappa shape index (κ3) is 5.72. The number of carbonyl (C=O) groups is 2. The lowest BCUT2D eigenvalue weighted by molar-refractivity contribution is -0.139. The van der Waals surface area contributed by atoms with Gasteiger partial charge >= 0.3 is 0 Å². The molecule has 2 saturated heterocycles. The van der Waals surface area contributed by atoms with E-state index < -0.39 is 12.1 Å². The molecular formula is C27H31F2N5O2. The maximum absolute atomic E-state index is 13.5.